The number of hydrogen-bond donors (Lipinski definition) is 2. The van der Waals surface area contributed by atoms with Crippen molar-refractivity contribution >= 4 is 11.9 Å². The maximum Gasteiger partial charge on any atom is 0.303 e. The number of nitro groups is 2. The summed E-state index contributed by atoms with van der Waals surface area (Å²) in [6.07, 6.45) is 29.4. The minimum atomic E-state index is -0.726. The van der Waals surface area contributed by atoms with Crippen LogP contribution in [0.2, 0.25) is 0 Å². The summed E-state index contributed by atoms with van der Waals surface area (Å²) in [7, 11) is 0. The van der Waals surface area contributed by atoms with Crippen molar-refractivity contribution in [3.63, 3.8) is 0 Å². The van der Waals surface area contributed by atoms with Gasteiger partial charge in [-0.2, -0.15) is 0 Å². The second kappa shape index (κ2) is 37.5. The van der Waals surface area contributed by atoms with Gasteiger partial charge in [0.15, 0.2) is 0 Å². The molecule has 0 aliphatic rings. The van der Waals surface area contributed by atoms with Gasteiger partial charge in [-0.15, -0.1) is 11.8 Å². The molecular weight excluding hydrogens is 588 g/mol. The van der Waals surface area contributed by atoms with Gasteiger partial charge < -0.3 is 10.2 Å². The van der Waals surface area contributed by atoms with Crippen molar-refractivity contribution in [2.75, 3.05) is 13.1 Å². The summed E-state index contributed by atoms with van der Waals surface area (Å²) in [5, 5.41) is 37.2. The van der Waals surface area contributed by atoms with Crippen LogP contribution in [0.1, 0.15) is 154 Å². The van der Waals surface area contributed by atoms with Gasteiger partial charge in [0.2, 0.25) is 13.1 Å². The summed E-state index contributed by atoms with van der Waals surface area (Å²) in [5.74, 6) is 11.1. The monoisotopic (exact) mass is 646 g/mol. The Kier molecular flexibility index (Phi) is 36.3. The van der Waals surface area contributed by atoms with Gasteiger partial charge >= 0.3 is 11.9 Å². The van der Waals surface area contributed by atoms with Crippen LogP contribution in [0.4, 0.5) is 0 Å². The number of aliphatic carboxylic acids is 2. The van der Waals surface area contributed by atoms with Gasteiger partial charge in [0.1, 0.15) is 0 Å². The predicted octanol–water partition coefficient (Wildman–Crippen LogP) is 9.18. The van der Waals surface area contributed by atoms with Crippen LogP contribution in [-0.2, 0) is 9.59 Å². The molecule has 0 heterocycles. The highest BCUT2D eigenvalue weighted by molar-refractivity contribution is 5.66. The van der Waals surface area contributed by atoms with Crippen molar-refractivity contribution in [1.82, 2.24) is 0 Å². The van der Waals surface area contributed by atoms with E-state index in [9.17, 15) is 29.8 Å². The van der Waals surface area contributed by atoms with Crippen LogP contribution >= 0.6 is 0 Å². The van der Waals surface area contributed by atoms with Gasteiger partial charge in [0.25, 0.3) is 0 Å². The fourth-order valence-corrected chi connectivity index (χ4v) is 4.24. The summed E-state index contributed by atoms with van der Waals surface area (Å²) < 4.78 is 0. The third-order valence-corrected chi connectivity index (χ3v) is 6.83. The van der Waals surface area contributed by atoms with Crippen LogP contribution < -0.4 is 0 Å². The maximum absolute atomic E-state index is 10.3. The molecule has 0 rings (SSSR count). The first-order chi connectivity index (χ1) is 22.3. The molecule has 0 aromatic rings. The molecule has 0 aliphatic carbocycles. The van der Waals surface area contributed by atoms with Crippen molar-refractivity contribution in [3.05, 3.63) is 44.5 Å². The minimum absolute atomic E-state index is 0.0958. The number of unbranched alkanes of at least 4 members (excludes halogenated alkanes) is 16. The molecular formula is C36H58N2O8. The normalized spacial score (nSPS) is 10.4. The van der Waals surface area contributed by atoms with E-state index in [1.54, 1.807) is 0 Å². The maximum atomic E-state index is 10.3. The number of allylic oxidation sites excluding steroid dienone is 4. The van der Waals surface area contributed by atoms with Crippen molar-refractivity contribution in [2.24, 2.45) is 0 Å². The van der Waals surface area contributed by atoms with Crippen molar-refractivity contribution in [3.8, 4) is 23.7 Å². The van der Waals surface area contributed by atoms with E-state index in [4.69, 9.17) is 10.2 Å². The molecule has 0 bridgehead atoms. The van der Waals surface area contributed by atoms with E-state index in [-0.39, 0.29) is 35.8 Å². The van der Waals surface area contributed by atoms with E-state index in [0.29, 0.717) is 12.8 Å². The number of carbonyl (C=O) groups is 2. The number of carboxylic acids is 2. The molecule has 10 nitrogen and oxygen atoms in total. The molecule has 2 N–H and O–H groups in total. The largest absolute Gasteiger partial charge is 0.481 e. The lowest BCUT2D eigenvalue weighted by Crippen LogP contribution is -1.99. The third-order valence-electron chi connectivity index (χ3n) is 6.83. The Hall–Kier alpha value is -3.66. The molecule has 0 fully saturated rings. The molecule has 0 unspecified atom stereocenters. The smallest absolute Gasteiger partial charge is 0.303 e. The first-order valence-corrected chi connectivity index (χ1v) is 17.1. The van der Waals surface area contributed by atoms with Crippen LogP contribution in [0.5, 0.6) is 0 Å². The molecule has 0 aliphatic heterocycles. The Bertz CT molecular complexity index is 892. The summed E-state index contributed by atoms with van der Waals surface area (Å²) in [5.41, 5.74) is 0. The van der Waals surface area contributed by atoms with Gasteiger partial charge in [-0.1, -0.05) is 74.7 Å². The van der Waals surface area contributed by atoms with Gasteiger partial charge in [-0.3, -0.25) is 29.8 Å². The molecule has 0 atom stereocenters. The molecule has 0 amide bonds. The summed E-state index contributed by atoms with van der Waals surface area (Å²) in [4.78, 5) is 40.4. The number of nitrogens with zero attached hydrogens (tertiary/aromatic N) is 2. The molecule has 0 aromatic heterocycles. The number of rotatable bonds is 28. The van der Waals surface area contributed by atoms with Gasteiger partial charge in [-0.05, 0) is 64.2 Å². The zero-order chi connectivity index (χ0) is 34.4. The van der Waals surface area contributed by atoms with E-state index >= 15 is 0 Å². The lowest BCUT2D eigenvalue weighted by atomic mass is 10.1. The van der Waals surface area contributed by atoms with Crippen molar-refractivity contribution in [1.29, 1.82) is 0 Å². The Morgan fingerprint density at radius 1 is 0.478 bits per heavy atom. The summed E-state index contributed by atoms with van der Waals surface area (Å²) >= 11 is 0. The predicted molar refractivity (Wildman–Crippen MR) is 184 cm³/mol. The lowest BCUT2D eigenvalue weighted by Gasteiger charge is -1.97. The Labute approximate surface area is 276 Å². The van der Waals surface area contributed by atoms with E-state index in [0.717, 1.165) is 128 Å². The Morgan fingerprint density at radius 3 is 1.17 bits per heavy atom. The summed E-state index contributed by atoms with van der Waals surface area (Å²) in [6, 6.07) is 0. The molecule has 0 radical (unpaired) electrons. The zero-order valence-corrected chi connectivity index (χ0v) is 27.9. The molecule has 260 valence electrons. The molecule has 0 spiro atoms. The van der Waals surface area contributed by atoms with Gasteiger partial charge in [0.05, 0.1) is 0 Å². The van der Waals surface area contributed by atoms with Crippen LogP contribution in [0.15, 0.2) is 24.3 Å². The lowest BCUT2D eigenvalue weighted by molar-refractivity contribution is -0.480. The van der Waals surface area contributed by atoms with Crippen LogP contribution in [0, 0.1) is 43.9 Å². The quantitative estimate of drug-likeness (QED) is 0.0279. The van der Waals surface area contributed by atoms with Gasteiger partial charge in [-0.25, -0.2) is 0 Å². The second-order valence-corrected chi connectivity index (χ2v) is 11.2. The molecule has 0 saturated carbocycles. The molecule has 10 heteroatoms. The second-order valence-electron chi connectivity index (χ2n) is 11.2. The third kappa shape index (κ3) is 47.3. The van der Waals surface area contributed by atoms with Crippen molar-refractivity contribution < 1.29 is 29.6 Å². The van der Waals surface area contributed by atoms with E-state index in [2.05, 4.69) is 35.8 Å². The van der Waals surface area contributed by atoms with E-state index < -0.39 is 11.9 Å². The molecule has 0 saturated heterocycles. The number of carboxylic acid groups (broad SMARTS) is 2. The Morgan fingerprint density at radius 2 is 0.826 bits per heavy atom. The minimum Gasteiger partial charge on any atom is -0.481 e. The highest BCUT2D eigenvalue weighted by Crippen LogP contribution is 2.08. The van der Waals surface area contributed by atoms with Crippen molar-refractivity contribution in [2.45, 2.75) is 154 Å². The highest BCUT2D eigenvalue weighted by Gasteiger charge is 1.98. The average molecular weight is 647 g/mol. The standard InChI is InChI=1S/2C18H29NO4/c2*20-18(21)16-14-12-10-8-6-4-2-1-3-5-7-9-11-13-15-17-19(22)23/h2*6,8H,3-5,7,9-17H2,(H,20,21). The van der Waals surface area contributed by atoms with E-state index in [1.807, 2.05) is 12.2 Å². The van der Waals surface area contributed by atoms with Crippen LogP contribution in [0.25, 0.3) is 0 Å². The SMILES string of the molecule is O=C(O)CCCCC=CCC#CCCCCCCCC[N+](=O)[O-].O=C(O)CCCCC=CCC#CCCCCCCCC[N+](=O)[O-]. The average Bonchev–Trinajstić information content (AvgIpc) is 3.00. The zero-order valence-electron chi connectivity index (χ0n) is 27.9. The first kappa shape index (κ1) is 44.5. The fourth-order valence-electron chi connectivity index (χ4n) is 4.24. The van der Waals surface area contributed by atoms with Gasteiger partial charge in [0, 0.05) is 61.2 Å². The molecule has 46 heavy (non-hydrogen) atoms. The van der Waals surface area contributed by atoms with Crippen LogP contribution in [0.3, 0.4) is 0 Å². The highest BCUT2D eigenvalue weighted by atomic mass is 16.6. The first-order valence-electron chi connectivity index (χ1n) is 17.1. The van der Waals surface area contributed by atoms with E-state index in [1.165, 1.54) is 0 Å². The number of hydrogen-bond acceptors (Lipinski definition) is 6. The van der Waals surface area contributed by atoms with Crippen LogP contribution in [-0.4, -0.2) is 45.1 Å². The Balaban J connectivity index is 0. The molecule has 0 aromatic carbocycles. The summed E-state index contributed by atoms with van der Waals surface area (Å²) in [6.45, 7) is 0.192. The topological polar surface area (TPSA) is 161 Å². The fraction of sp³-hybridized carbons (Fsp3) is 0.722.